The summed E-state index contributed by atoms with van der Waals surface area (Å²) in [5.41, 5.74) is 0.299. The molecule has 4 nitrogen and oxygen atoms in total. The molecule has 0 aliphatic carbocycles. The predicted octanol–water partition coefficient (Wildman–Crippen LogP) is 3.37. The van der Waals surface area contributed by atoms with Crippen LogP contribution in [0, 0.1) is 5.82 Å². The Morgan fingerprint density at radius 1 is 1.35 bits per heavy atom. The lowest BCUT2D eigenvalue weighted by Crippen LogP contribution is -2.06. The molecule has 1 aromatic carbocycles. The number of aromatic nitrogens is 1. The van der Waals surface area contributed by atoms with Gasteiger partial charge in [0, 0.05) is 17.3 Å². The summed E-state index contributed by atoms with van der Waals surface area (Å²) in [6.45, 7) is 3.75. The average molecular weight is 275 g/mol. The third-order valence-electron chi connectivity index (χ3n) is 2.63. The van der Waals surface area contributed by atoms with Gasteiger partial charge in [0.25, 0.3) is 0 Å². The zero-order chi connectivity index (χ0) is 14.7. The summed E-state index contributed by atoms with van der Waals surface area (Å²) in [6, 6.07) is 5.87. The van der Waals surface area contributed by atoms with Crippen molar-refractivity contribution in [3.05, 3.63) is 48.0 Å². The lowest BCUT2D eigenvalue weighted by Gasteiger charge is -2.11. The molecule has 0 fully saturated rings. The molecule has 0 saturated heterocycles. The largest absolute Gasteiger partial charge is 0.489 e. The molecule has 1 aromatic heterocycles. The summed E-state index contributed by atoms with van der Waals surface area (Å²) >= 11 is 0. The maximum absolute atomic E-state index is 14.2. The van der Waals surface area contributed by atoms with E-state index >= 15 is 0 Å². The summed E-state index contributed by atoms with van der Waals surface area (Å²) in [6.07, 6.45) is 2.97. The summed E-state index contributed by atoms with van der Waals surface area (Å²) in [7, 11) is 0. The van der Waals surface area contributed by atoms with Crippen molar-refractivity contribution >= 4 is 5.97 Å². The fourth-order valence-electron chi connectivity index (χ4n) is 1.82. The van der Waals surface area contributed by atoms with E-state index in [9.17, 15) is 9.18 Å². The standard InChI is InChI=1S/C15H14FNO3/c1-9(2)20-11-6-10(7-17-8-11)12-4-3-5-13(14(12)16)15(18)19/h3-9H,1-2H3,(H,18,19). The van der Waals surface area contributed by atoms with Gasteiger partial charge in [-0.15, -0.1) is 0 Å². The van der Waals surface area contributed by atoms with Crippen LogP contribution in [0.5, 0.6) is 5.75 Å². The van der Waals surface area contributed by atoms with E-state index < -0.39 is 11.8 Å². The highest BCUT2D eigenvalue weighted by molar-refractivity contribution is 5.90. The summed E-state index contributed by atoms with van der Waals surface area (Å²) in [5.74, 6) is -1.56. The number of hydrogen-bond donors (Lipinski definition) is 1. The molecule has 20 heavy (non-hydrogen) atoms. The van der Waals surface area contributed by atoms with Crippen LogP contribution in [0.3, 0.4) is 0 Å². The third kappa shape index (κ3) is 2.93. The van der Waals surface area contributed by atoms with E-state index in [4.69, 9.17) is 9.84 Å². The Morgan fingerprint density at radius 2 is 2.10 bits per heavy atom. The van der Waals surface area contributed by atoms with Crippen molar-refractivity contribution < 1.29 is 19.0 Å². The zero-order valence-corrected chi connectivity index (χ0v) is 11.1. The number of carboxylic acids is 1. The fourth-order valence-corrected chi connectivity index (χ4v) is 1.82. The smallest absolute Gasteiger partial charge is 0.338 e. The highest BCUT2D eigenvalue weighted by atomic mass is 19.1. The minimum atomic E-state index is -1.30. The predicted molar refractivity (Wildman–Crippen MR) is 72.4 cm³/mol. The Balaban J connectivity index is 2.46. The molecule has 5 heteroatoms. The number of pyridine rings is 1. The van der Waals surface area contributed by atoms with E-state index in [0.29, 0.717) is 11.3 Å². The van der Waals surface area contributed by atoms with Crippen molar-refractivity contribution in [3.8, 4) is 16.9 Å². The van der Waals surface area contributed by atoms with E-state index in [-0.39, 0.29) is 17.2 Å². The monoisotopic (exact) mass is 275 g/mol. The molecule has 0 atom stereocenters. The topological polar surface area (TPSA) is 59.4 Å². The molecule has 0 saturated carbocycles. The minimum Gasteiger partial charge on any atom is -0.489 e. The lowest BCUT2D eigenvalue weighted by molar-refractivity contribution is 0.0692. The van der Waals surface area contributed by atoms with Crippen LogP contribution >= 0.6 is 0 Å². The van der Waals surface area contributed by atoms with Gasteiger partial charge in [-0.2, -0.15) is 0 Å². The van der Waals surface area contributed by atoms with Crippen LogP contribution in [0.4, 0.5) is 4.39 Å². The molecule has 0 radical (unpaired) electrons. The average Bonchev–Trinajstić information content (AvgIpc) is 2.38. The first-order valence-electron chi connectivity index (χ1n) is 6.13. The number of hydrogen-bond acceptors (Lipinski definition) is 3. The van der Waals surface area contributed by atoms with Crippen LogP contribution in [0.1, 0.15) is 24.2 Å². The summed E-state index contributed by atoms with van der Waals surface area (Å²) in [4.78, 5) is 14.9. The van der Waals surface area contributed by atoms with E-state index in [2.05, 4.69) is 4.98 Å². The fraction of sp³-hybridized carbons (Fsp3) is 0.200. The normalized spacial score (nSPS) is 10.6. The maximum atomic E-state index is 14.2. The maximum Gasteiger partial charge on any atom is 0.338 e. The molecule has 104 valence electrons. The number of halogens is 1. The van der Waals surface area contributed by atoms with Gasteiger partial charge in [-0.1, -0.05) is 12.1 Å². The number of nitrogens with zero attached hydrogens (tertiary/aromatic N) is 1. The third-order valence-corrected chi connectivity index (χ3v) is 2.63. The molecular weight excluding hydrogens is 261 g/mol. The molecule has 1 heterocycles. The van der Waals surface area contributed by atoms with Gasteiger partial charge in [0.2, 0.25) is 0 Å². The number of carbonyl (C=O) groups is 1. The van der Waals surface area contributed by atoms with E-state index in [1.165, 1.54) is 30.6 Å². The Kier molecular flexibility index (Phi) is 3.98. The first-order chi connectivity index (χ1) is 9.49. The van der Waals surface area contributed by atoms with Crippen LogP contribution in [0.15, 0.2) is 36.7 Å². The van der Waals surface area contributed by atoms with Crippen LogP contribution in [-0.2, 0) is 0 Å². The highest BCUT2D eigenvalue weighted by Gasteiger charge is 2.15. The van der Waals surface area contributed by atoms with Crippen molar-refractivity contribution in [2.24, 2.45) is 0 Å². The van der Waals surface area contributed by atoms with Crippen molar-refractivity contribution in [2.45, 2.75) is 20.0 Å². The van der Waals surface area contributed by atoms with E-state index in [1.54, 1.807) is 6.07 Å². The molecule has 2 aromatic rings. The Bertz CT molecular complexity index is 641. The molecule has 1 N–H and O–H groups in total. The Labute approximate surface area is 115 Å². The first-order valence-corrected chi connectivity index (χ1v) is 6.13. The zero-order valence-electron chi connectivity index (χ0n) is 11.1. The number of benzene rings is 1. The van der Waals surface area contributed by atoms with Gasteiger partial charge in [-0.3, -0.25) is 4.98 Å². The number of aromatic carboxylic acids is 1. The van der Waals surface area contributed by atoms with E-state index in [0.717, 1.165) is 0 Å². The van der Waals surface area contributed by atoms with Gasteiger partial charge in [0.1, 0.15) is 11.6 Å². The number of rotatable bonds is 4. The quantitative estimate of drug-likeness (QED) is 0.929. The van der Waals surface area contributed by atoms with Crippen molar-refractivity contribution in [1.29, 1.82) is 0 Å². The van der Waals surface area contributed by atoms with Gasteiger partial charge in [-0.25, -0.2) is 9.18 Å². The SMILES string of the molecule is CC(C)Oc1cncc(-c2cccc(C(=O)O)c2F)c1. The van der Waals surface area contributed by atoms with Gasteiger partial charge in [0.15, 0.2) is 0 Å². The first kappa shape index (κ1) is 14.0. The molecule has 0 amide bonds. The second kappa shape index (κ2) is 5.69. The Hall–Kier alpha value is -2.43. The minimum absolute atomic E-state index is 0.0257. The molecule has 2 rings (SSSR count). The second-order valence-corrected chi connectivity index (χ2v) is 4.55. The summed E-state index contributed by atoms with van der Waals surface area (Å²) < 4.78 is 19.6. The van der Waals surface area contributed by atoms with Crippen LogP contribution < -0.4 is 4.74 Å². The molecule has 0 aliphatic heterocycles. The lowest BCUT2D eigenvalue weighted by atomic mass is 10.0. The van der Waals surface area contributed by atoms with Gasteiger partial charge < -0.3 is 9.84 Å². The molecule has 0 bridgehead atoms. The molecule has 0 aliphatic rings. The van der Waals surface area contributed by atoms with Crippen LogP contribution in [-0.4, -0.2) is 22.2 Å². The van der Waals surface area contributed by atoms with Crippen molar-refractivity contribution in [2.75, 3.05) is 0 Å². The molecule has 0 unspecified atom stereocenters. The van der Waals surface area contributed by atoms with Gasteiger partial charge in [-0.05, 0) is 26.0 Å². The van der Waals surface area contributed by atoms with Gasteiger partial charge in [0.05, 0.1) is 17.9 Å². The summed E-state index contributed by atoms with van der Waals surface area (Å²) in [5, 5.41) is 8.93. The van der Waals surface area contributed by atoms with E-state index in [1.807, 2.05) is 13.8 Å². The number of carboxylic acid groups (broad SMARTS) is 1. The van der Waals surface area contributed by atoms with Crippen molar-refractivity contribution in [3.63, 3.8) is 0 Å². The van der Waals surface area contributed by atoms with Gasteiger partial charge >= 0.3 is 5.97 Å². The molecule has 0 spiro atoms. The highest BCUT2D eigenvalue weighted by Crippen LogP contribution is 2.27. The van der Waals surface area contributed by atoms with Crippen LogP contribution in [0.25, 0.3) is 11.1 Å². The Morgan fingerprint density at radius 3 is 2.75 bits per heavy atom. The second-order valence-electron chi connectivity index (χ2n) is 4.55. The molecular formula is C15H14FNO3. The van der Waals surface area contributed by atoms with Crippen LogP contribution in [0.2, 0.25) is 0 Å². The van der Waals surface area contributed by atoms with Crippen molar-refractivity contribution in [1.82, 2.24) is 4.98 Å². The number of ether oxygens (including phenoxy) is 1.